The molecule has 0 saturated carbocycles. The normalized spacial score (nSPS) is 12.5. The van der Waals surface area contributed by atoms with Crippen LogP contribution in [0.3, 0.4) is 0 Å². The van der Waals surface area contributed by atoms with E-state index in [-0.39, 0.29) is 0 Å². The average molecular weight is 269 g/mol. The fourth-order valence-electron chi connectivity index (χ4n) is 1.72. The second kappa shape index (κ2) is 6.13. The number of hydrogen-bond acceptors (Lipinski definition) is 4. The number of nitrogens with zero attached hydrogens (tertiary/aromatic N) is 1. The van der Waals surface area contributed by atoms with Gasteiger partial charge in [-0.3, -0.25) is 4.90 Å². The fraction of sp³-hybridized carbons (Fsp3) is 0.462. The molecule has 2 N–H and O–H groups in total. The maximum Gasteiger partial charge on any atom is 0.328 e. The lowest BCUT2D eigenvalue weighted by Crippen LogP contribution is -2.35. The highest BCUT2D eigenvalue weighted by molar-refractivity contribution is 7.10. The molecule has 0 bridgehead atoms. The maximum absolute atomic E-state index is 10.4. The van der Waals surface area contributed by atoms with Gasteiger partial charge in [0.05, 0.1) is 5.60 Å². The first-order valence-electron chi connectivity index (χ1n) is 5.65. The van der Waals surface area contributed by atoms with Crippen molar-refractivity contribution in [2.75, 3.05) is 13.6 Å². The van der Waals surface area contributed by atoms with Crippen molar-refractivity contribution in [3.8, 4) is 0 Å². The van der Waals surface area contributed by atoms with Crippen molar-refractivity contribution >= 4 is 23.4 Å². The third-order valence-electron chi connectivity index (χ3n) is 2.18. The second-order valence-electron chi connectivity index (χ2n) is 5.00. The SMILES string of the molecule is CN(Cc1cc(C=CC(=O)O)cs1)CC(C)(C)O. The summed E-state index contributed by atoms with van der Waals surface area (Å²) in [6.07, 6.45) is 2.71. The van der Waals surface area contributed by atoms with Crippen molar-refractivity contribution in [1.29, 1.82) is 0 Å². The van der Waals surface area contributed by atoms with Crippen LogP contribution in [-0.4, -0.2) is 40.3 Å². The molecule has 1 aromatic rings. The second-order valence-corrected chi connectivity index (χ2v) is 6.00. The van der Waals surface area contributed by atoms with Crippen LogP contribution in [0.1, 0.15) is 24.3 Å². The van der Waals surface area contributed by atoms with Gasteiger partial charge in [-0.2, -0.15) is 0 Å². The van der Waals surface area contributed by atoms with E-state index in [0.29, 0.717) is 6.54 Å². The van der Waals surface area contributed by atoms with Crippen LogP contribution >= 0.6 is 11.3 Å². The molecular weight excluding hydrogens is 250 g/mol. The summed E-state index contributed by atoms with van der Waals surface area (Å²) in [6.45, 7) is 4.89. The first-order chi connectivity index (χ1) is 8.26. The maximum atomic E-state index is 10.4. The van der Waals surface area contributed by atoms with Gasteiger partial charge in [0.1, 0.15) is 0 Å². The molecule has 1 aromatic heterocycles. The molecule has 0 saturated heterocycles. The van der Waals surface area contributed by atoms with Crippen molar-refractivity contribution in [1.82, 2.24) is 4.90 Å². The van der Waals surface area contributed by atoms with Gasteiger partial charge in [-0.25, -0.2) is 4.79 Å². The molecule has 1 heterocycles. The zero-order valence-corrected chi connectivity index (χ0v) is 11.7. The zero-order valence-electron chi connectivity index (χ0n) is 10.9. The summed E-state index contributed by atoms with van der Waals surface area (Å²) in [7, 11) is 1.95. The number of carboxylic acids is 1. The fourth-order valence-corrected chi connectivity index (χ4v) is 2.65. The lowest BCUT2D eigenvalue weighted by Gasteiger charge is -2.24. The Hall–Kier alpha value is -1.17. The molecule has 0 aliphatic heterocycles. The first-order valence-corrected chi connectivity index (χ1v) is 6.53. The highest BCUT2D eigenvalue weighted by atomic mass is 32.1. The molecule has 5 heteroatoms. The quantitative estimate of drug-likeness (QED) is 0.776. The van der Waals surface area contributed by atoms with Crippen LogP contribution in [0.2, 0.25) is 0 Å². The van der Waals surface area contributed by atoms with Gasteiger partial charge in [0.25, 0.3) is 0 Å². The standard InChI is InChI=1S/C13H19NO3S/c1-13(2,17)9-14(3)7-11-6-10(8-18-11)4-5-12(15)16/h4-6,8,17H,7,9H2,1-3H3,(H,15,16). The Balaban J connectivity index is 2.56. The van der Waals surface area contributed by atoms with E-state index in [1.54, 1.807) is 31.3 Å². The molecule has 100 valence electrons. The van der Waals surface area contributed by atoms with Crippen LogP contribution in [0, 0.1) is 0 Å². The van der Waals surface area contributed by atoms with E-state index in [1.807, 2.05) is 23.4 Å². The number of hydrogen-bond donors (Lipinski definition) is 2. The Kier molecular flexibility index (Phi) is 5.07. The third-order valence-corrected chi connectivity index (χ3v) is 3.11. The summed E-state index contributed by atoms with van der Waals surface area (Å²) < 4.78 is 0. The third kappa shape index (κ3) is 5.95. The lowest BCUT2D eigenvalue weighted by atomic mass is 10.1. The van der Waals surface area contributed by atoms with Crippen LogP contribution < -0.4 is 0 Å². The minimum atomic E-state index is -0.943. The molecule has 0 amide bonds. The Bertz CT molecular complexity index is 432. The smallest absolute Gasteiger partial charge is 0.328 e. The van der Waals surface area contributed by atoms with Gasteiger partial charge >= 0.3 is 5.97 Å². The van der Waals surface area contributed by atoms with Gasteiger partial charge in [-0.15, -0.1) is 11.3 Å². The van der Waals surface area contributed by atoms with Crippen molar-refractivity contribution in [2.24, 2.45) is 0 Å². The molecule has 0 aliphatic rings. The first kappa shape index (κ1) is 14.9. The molecule has 0 spiro atoms. The van der Waals surface area contributed by atoms with Crippen molar-refractivity contribution in [3.05, 3.63) is 28.0 Å². The minimum absolute atomic E-state index is 0.588. The van der Waals surface area contributed by atoms with Gasteiger partial charge < -0.3 is 10.2 Å². The van der Waals surface area contributed by atoms with Gasteiger partial charge in [0, 0.05) is 24.0 Å². The van der Waals surface area contributed by atoms with Crippen molar-refractivity contribution in [3.63, 3.8) is 0 Å². The Labute approximate surface area is 111 Å². The number of rotatable bonds is 6. The summed E-state index contributed by atoms with van der Waals surface area (Å²) in [6, 6.07) is 1.96. The minimum Gasteiger partial charge on any atom is -0.478 e. The number of likely N-dealkylation sites (N-methyl/N-ethyl adjacent to an activating group) is 1. The zero-order chi connectivity index (χ0) is 13.8. The van der Waals surface area contributed by atoms with Gasteiger partial charge in [-0.1, -0.05) is 0 Å². The molecule has 4 nitrogen and oxygen atoms in total. The largest absolute Gasteiger partial charge is 0.478 e. The summed E-state index contributed by atoms with van der Waals surface area (Å²) in [4.78, 5) is 13.6. The number of aliphatic carboxylic acids is 1. The predicted octanol–water partition coefficient (Wildman–Crippen LogP) is 2.05. The number of carbonyl (C=O) groups is 1. The molecule has 0 aliphatic carbocycles. The average Bonchev–Trinajstić information content (AvgIpc) is 2.59. The number of carboxylic acid groups (broad SMARTS) is 1. The molecule has 18 heavy (non-hydrogen) atoms. The van der Waals surface area contributed by atoms with Crippen molar-refractivity contribution < 1.29 is 15.0 Å². The highest BCUT2D eigenvalue weighted by Crippen LogP contribution is 2.18. The summed E-state index contributed by atoms with van der Waals surface area (Å²) in [5, 5.41) is 20.2. The van der Waals surface area contributed by atoms with Crippen LogP contribution in [0.25, 0.3) is 6.08 Å². The molecule has 0 unspecified atom stereocenters. The van der Waals surface area contributed by atoms with Crippen LogP contribution in [0.15, 0.2) is 17.5 Å². The van der Waals surface area contributed by atoms with Crippen molar-refractivity contribution in [2.45, 2.75) is 26.0 Å². The van der Waals surface area contributed by atoms with E-state index in [0.717, 1.165) is 23.1 Å². The van der Waals surface area contributed by atoms with Gasteiger partial charge in [-0.05, 0) is 44.0 Å². The Morgan fingerprint density at radius 2 is 2.22 bits per heavy atom. The molecule has 0 atom stereocenters. The van der Waals surface area contributed by atoms with Crippen LogP contribution in [0.4, 0.5) is 0 Å². The van der Waals surface area contributed by atoms with Crippen LogP contribution in [0.5, 0.6) is 0 Å². The molecule has 0 fully saturated rings. The molecule has 0 aromatic carbocycles. The molecule has 0 radical (unpaired) electrons. The predicted molar refractivity (Wildman–Crippen MR) is 73.6 cm³/mol. The van der Waals surface area contributed by atoms with Gasteiger partial charge in [0.2, 0.25) is 0 Å². The summed E-state index contributed by atoms with van der Waals surface area (Å²) in [5.41, 5.74) is 0.187. The number of aliphatic hydroxyl groups is 1. The summed E-state index contributed by atoms with van der Waals surface area (Å²) >= 11 is 1.59. The Morgan fingerprint density at radius 3 is 2.78 bits per heavy atom. The molecule has 1 rings (SSSR count). The lowest BCUT2D eigenvalue weighted by molar-refractivity contribution is -0.131. The van der Waals surface area contributed by atoms with E-state index < -0.39 is 11.6 Å². The van der Waals surface area contributed by atoms with E-state index >= 15 is 0 Å². The van der Waals surface area contributed by atoms with Gasteiger partial charge in [0.15, 0.2) is 0 Å². The van der Waals surface area contributed by atoms with Crippen LogP contribution in [-0.2, 0) is 11.3 Å². The van der Waals surface area contributed by atoms with E-state index in [2.05, 4.69) is 0 Å². The van der Waals surface area contributed by atoms with E-state index in [9.17, 15) is 9.90 Å². The highest BCUT2D eigenvalue weighted by Gasteiger charge is 2.15. The molecular formula is C13H19NO3S. The van der Waals surface area contributed by atoms with E-state index in [4.69, 9.17) is 5.11 Å². The number of thiophene rings is 1. The van der Waals surface area contributed by atoms with E-state index in [1.165, 1.54) is 0 Å². The monoisotopic (exact) mass is 269 g/mol. The topological polar surface area (TPSA) is 60.8 Å². The summed E-state index contributed by atoms with van der Waals surface area (Å²) in [5.74, 6) is -0.943. The Morgan fingerprint density at radius 1 is 1.56 bits per heavy atom.